The molecule has 3 heterocycles. The van der Waals surface area contributed by atoms with E-state index in [-0.39, 0.29) is 5.91 Å². The Hall–Kier alpha value is -2.83. The van der Waals surface area contributed by atoms with Gasteiger partial charge in [0.2, 0.25) is 0 Å². The molecule has 0 radical (unpaired) electrons. The average molecular weight is 409 g/mol. The van der Waals surface area contributed by atoms with E-state index in [0.717, 1.165) is 50.7 Å². The van der Waals surface area contributed by atoms with Gasteiger partial charge in [-0.05, 0) is 38.3 Å². The van der Waals surface area contributed by atoms with E-state index >= 15 is 0 Å². The summed E-state index contributed by atoms with van der Waals surface area (Å²) in [4.78, 5) is 27.1. The van der Waals surface area contributed by atoms with E-state index in [1.54, 1.807) is 14.2 Å². The molecule has 1 aliphatic carbocycles. The normalized spacial score (nSPS) is 22.2. The highest BCUT2D eigenvalue weighted by Gasteiger charge is 2.43. The molecule has 2 aromatic rings. The van der Waals surface area contributed by atoms with Gasteiger partial charge in [0.15, 0.2) is 11.5 Å². The number of aryl methyl sites for hydroxylation is 2. The molecule has 2 atom stereocenters. The maximum atomic E-state index is 13.2. The number of carbonyl (C=O) groups is 1. The van der Waals surface area contributed by atoms with Crippen LogP contribution in [-0.4, -0.2) is 61.2 Å². The van der Waals surface area contributed by atoms with Gasteiger partial charge in [0.05, 0.1) is 19.8 Å². The fourth-order valence-electron chi connectivity index (χ4n) is 5.35. The molecule has 0 N–H and O–H groups in total. The summed E-state index contributed by atoms with van der Waals surface area (Å²) in [5.74, 6) is 4.06. The molecule has 0 saturated carbocycles. The van der Waals surface area contributed by atoms with Crippen LogP contribution in [0.15, 0.2) is 18.2 Å². The van der Waals surface area contributed by atoms with E-state index < -0.39 is 0 Å². The van der Waals surface area contributed by atoms with E-state index in [2.05, 4.69) is 9.88 Å². The maximum Gasteiger partial charge on any atom is 0.257 e. The van der Waals surface area contributed by atoms with E-state index in [9.17, 15) is 4.79 Å². The lowest BCUT2D eigenvalue weighted by molar-refractivity contribution is 0.0778. The molecule has 5 rings (SSSR count). The van der Waals surface area contributed by atoms with Crippen molar-refractivity contribution >= 4 is 11.7 Å². The Morgan fingerprint density at radius 2 is 1.80 bits per heavy atom. The number of hydrogen-bond donors (Lipinski definition) is 0. The Labute approximate surface area is 177 Å². The molecule has 7 nitrogen and oxygen atoms in total. The van der Waals surface area contributed by atoms with Crippen LogP contribution in [0.4, 0.5) is 5.82 Å². The van der Waals surface area contributed by atoms with Crippen LogP contribution in [0.2, 0.25) is 0 Å². The molecule has 1 aromatic carbocycles. The second kappa shape index (κ2) is 7.45. The Morgan fingerprint density at radius 1 is 1.03 bits per heavy atom. The number of benzene rings is 1. The minimum Gasteiger partial charge on any atom is -0.493 e. The molecular formula is C23H28N4O3. The SMILES string of the molecule is COc1cccc(C(=O)N2CC3CN(c4nc(C)nc5c4CCC5)CC3C2)c1OC. The maximum absolute atomic E-state index is 13.2. The summed E-state index contributed by atoms with van der Waals surface area (Å²) in [5, 5.41) is 0. The molecule has 2 aliphatic heterocycles. The second-order valence-electron chi connectivity index (χ2n) is 8.55. The number of fused-ring (bicyclic) bond motifs is 2. The zero-order valence-electron chi connectivity index (χ0n) is 17.9. The monoisotopic (exact) mass is 408 g/mol. The van der Waals surface area contributed by atoms with Crippen molar-refractivity contribution in [3.63, 3.8) is 0 Å². The van der Waals surface area contributed by atoms with Crippen LogP contribution in [0.5, 0.6) is 11.5 Å². The molecule has 1 aromatic heterocycles. The van der Waals surface area contributed by atoms with Gasteiger partial charge < -0.3 is 19.3 Å². The standard InChI is InChI=1S/C23H28N4O3/c1-14-24-19-8-4-6-17(19)22(25-14)26-10-15-12-27(13-16(15)11-26)23(28)18-7-5-9-20(29-2)21(18)30-3/h5,7,9,15-16H,4,6,8,10-13H2,1-3H3. The third kappa shape index (κ3) is 3.07. The van der Waals surface area contributed by atoms with Gasteiger partial charge in [-0.2, -0.15) is 0 Å². The Balaban J connectivity index is 1.32. The number of methoxy groups -OCH3 is 2. The summed E-state index contributed by atoms with van der Waals surface area (Å²) < 4.78 is 10.8. The predicted molar refractivity (Wildman–Crippen MR) is 113 cm³/mol. The number of hydrogen-bond acceptors (Lipinski definition) is 6. The molecule has 30 heavy (non-hydrogen) atoms. The number of rotatable bonds is 4. The fourth-order valence-corrected chi connectivity index (χ4v) is 5.35. The van der Waals surface area contributed by atoms with Crippen molar-refractivity contribution in [2.75, 3.05) is 45.3 Å². The Bertz CT molecular complexity index is 979. The average Bonchev–Trinajstić information content (AvgIpc) is 3.46. The number of anilines is 1. The van der Waals surface area contributed by atoms with Crippen LogP contribution >= 0.6 is 0 Å². The van der Waals surface area contributed by atoms with Crippen molar-refractivity contribution in [2.45, 2.75) is 26.2 Å². The number of carbonyl (C=O) groups excluding carboxylic acids is 1. The summed E-state index contributed by atoms with van der Waals surface area (Å²) in [6, 6.07) is 5.47. The number of ether oxygens (including phenoxy) is 2. The molecule has 3 aliphatic rings. The first-order chi connectivity index (χ1) is 14.6. The first-order valence-corrected chi connectivity index (χ1v) is 10.7. The van der Waals surface area contributed by atoms with Crippen molar-refractivity contribution in [3.05, 3.63) is 40.8 Å². The third-order valence-corrected chi connectivity index (χ3v) is 6.73. The largest absolute Gasteiger partial charge is 0.493 e. The van der Waals surface area contributed by atoms with Gasteiger partial charge in [-0.3, -0.25) is 4.79 Å². The topological polar surface area (TPSA) is 67.8 Å². The van der Waals surface area contributed by atoms with E-state index in [4.69, 9.17) is 14.5 Å². The van der Waals surface area contributed by atoms with Crippen LogP contribution in [0.3, 0.4) is 0 Å². The fraction of sp³-hybridized carbons (Fsp3) is 0.522. The molecule has 0 bridgehead atoms. The van der Waals surface area contributed by atoms with Gasteiger partial charge >= 0.3 is 0 Å². The summed E-state index contributed by atoms with van der Waals surface area (Å²) in [7, 11) is 3.17. The Kier molecular flexibility index (Phi) is 4.76. The molecular weight excluding hydrogens is 380 g/mol. The highest BCUT2D eigenvalue weighted by Crippen LogP contribution is 2.38. The summed E-state index contributed by atoms with van der Waals surface area (Å²) in [6.07, 6.45) is 3.32. The highest BCUT2D eigenvalue weighted by molar-refractivity contribution is 5.98. The zero-order chi connectivity index (χ0) is 20.8. The Morgan fingerprint density at radius 3 is 2.50 bits per heavy atom. The smallest absolute Gasteiger partial charge is 0.257 e. The molecule has 2 unspecified atom stereocenters. The minimum atomic E-state index is 0.0190. The van der Waals surface area contributed by atoms with E-state index in [1.807, 2.05) is 30.0 Å². The lowest BCUT2D eigenvalue weighted by Gasteiger charge is -2.25. The first kappa shape index (κ1) is 19.2. The quantitative estimate of drug-likeness (QED) is 0.774. The van der Waals surface area contributed by atoms with Crippen molar-refractivity contribution in [2.24, 2.45) is 11.8 Å². The van der Waals surface area contributed by atoms with Crippen LogP contribution in [0.25, 0.3) is 0 Å². The predicted octanol–water partition coefficient (Wildman–Crippen LogP) is 2.50. The van der Waals surface area contributed by atoms with E-state index in [1.165, 1.54) is 17.7 Å². The second-order valence-corrected chi connectivity index (χ2v) is 8.55. The number of para-hydroxylation sites is 1. The van der Waals surface area contributed by atoms with Crippen molar-refractivity contribution < 1.29 is 14.3 Å². The van der Waals surface area contributed by atoms with Crippen LogP contribution in [0, 0.1) is 18.8 Å². The van der Waals surface area contributed by atoms with Crippen LogP contribution in [-0.2, 0) is 12.8 Å². The van der Waals surface area contributed by atoms with E-state index in [0.29, 0.717) is 28.9 Å². The molecule has 158 valence electrons. The molecule has 0 spiro atoms. The molecule has 2 saturated heterocycles. The lowest BCUT2D eigenvalue weighted by atomic mass is 10.0. The summed E-state index contributed by atoms with van der Waals surface area (Å²) in [6.45, 7) is 5.43. The summed E-state index contributed by atoms with van der Waals surface area (Å²) >= 11 is 0. The highest BCUT2D eigenvalue weighted by atomic mass is 16.5. The van der Waals surface area contributed by atoms with Gasteiger partial charge in [-0.15, -0.1) is 0 Å². The molecule has 2 fully saturated rings. The number of aromatic nitrogens is 2. The van der Waals surface area contributed by atoms with Crippen molar-refractivity contribution in [1.82, 2.24) is 14.9 Å². The van der Waals surface area contributed by atoms with Gasteiger partial charge in [0, 0.05) is 49.3 Å². The van der Waals surface area contributed by atoms with Gasteiger partial charge in [-0.25, -0.2) is 9.97 Å². The van der Waals surface area contributed by atoms with Crippen LogP contribution in [0.1, 0.15) is 33.9 Å². The van der Waals surface area contributed by atoms with Gasteiger partial charge in [0.1, 0.15) is 11.6 Å². The number of likely N-dealkylation sites (tertiary alicyclic amines) is 1. The molecule has 1 amide bonds. The molecule has 7 heteroatoms. The number of nitrogens with zero attached hydrogens (tertiary/aromatic N) is 4. The number of amides is 1. The van der Waals surface area contributed by atoms with Crippen molar-refractivity contribution in [3.8, 4) is 11.5 Å². The van der Waals surface area contributed by atoms with Crippen LogP contribution < -0.4 is 14.4 Å². The minimum absolute atomic E-state index is 0.0190. The lowest BCUT2D eigenvalue weighted by Crippen LogP contribution is -2.34. The van der Waals surface area contributed by atoms with Crippen molar-refractivity contribution in [1.29, 1.82) is 0 Å². The van der Waals surface area contributed by atoms with Gasteiger partial charge in [-0.1, -0.05) is 6.07 Å². The summed E-state index contributed by atoms with van der Waals surface area (Å²) in [5.41, 5.74) is 3.14. The third-order valence-electron chi connectivity index (χ3n) is 6.73. The van der Waals surface area contributed by atoms with Gasteiger partial charge in [0.25, 0.3) is 5.91 Å². The first-order valence-electron chi connectivity index (χ1n) is 10.7. The zero-order valence-corrected chi connectivity index (χ0v) is 17.9.